The minimum Gasteiger partial charge on any atom is -0.198 e. The van der Waals surface area contributed by atoms with Gasteiger partial charge in [0.1, 0.15) is 0 Å². The molecule has 0 saturated heterocycles. The smallest absolute Gasteiger partial charge is 0.198 e. The van der Waals surface area contributed by atoms with Gasteiger partial charge in [0.05, 0.1) is 5.75 Å². The van der Waals surface area contributed by atoms with Crippen molar-refractivity contribution in [3.63, 3.8) is 0 Å². The van der Waals surface area contributed by atoms with Gasteiger partial charge in [0, 0.05) is 6.54 Å². The van der Waals surface area contributed by atoms with Crippen LogP contribution in [0.4, 0.5) is 0 Å². The Balaban J connectivity index is 3.24. The molecule has 1 N–H and O–H groups in total. The zero-order valence-corrected chi connectivity index (χ0v) is 12.0. The number of nitrogens with one attached hydrogen (secondary N) is 1. The zero-order chi connectivity index (χ0) is 13.0. The van der Waals surface area contributed by atoms with Crippen molar-refractivity contribution in [2.45, 2.75) is 65.2 Å². The van der Waals surface area contributed by atoms with Gasteiger partial charge in [-0.1, -0.05) is 52.4 Å². The average Bonchev–Trinajstić information content (AvgIpc) is 2.27. The van der Waals surface area contributed by atoms with E-state index >= 15 is 0 Å². The van der Waals surface area contributed by atoms with Gasteiger partial charge >= 0.3 is 0 Å². The first-order chi connectivity index (χ1) is 8.12. The fourth-order valence-corrected chi connectivity index (χ4v) is 2.42. The first-order valence-corrected chi connectivity index (χ1v) is 8.34. The largest absolute Gasteiger partial charge is 0.283 e. The summed E-state index contributed by atoms with van der Waals surface area (Å²) >= 11 is 0. The third kappa shape index (κ3) is 12.1. The molecule has 0 heterocycles. The molecule has 4 nitrogen and oxygen atoms in total. The summed E-state index contributed by atoms with van der Waals surface area (Å²) in [7, 11) is -3.35. The number of hydrogen-bond donors (Lipinski definition) is 1. The molecule has 5 heteroatoms. The van der Waals surface area contributed by atoms with Crippen LogP contribution in [0.5, 0.6) is 0 Å². The second kappa shape index (κ2) is 11.0. The van der Waals surface area contributed by atoms with Crippen LogP contribution in [-0.2, 0) is 14.4 Å². The molecule has 0 atom stereocenters. The van der Waals surface area contributed by atoms with E-state index < -0.39 is 10.1 Å². The molecular formula is C12H27NO3S. The molecule has 0 unspecified atom stereocenters. The number of hydrogen-bond acceptors (Lipinski definition) is 4. The van der Waals surface area contributed by atoms with Crippen molar-refractivity contribution < 1.29 is 12.7 Å². The summed E-state index contributed by atoms with van der Waals surface area (Å²) < 4.78 is 26.9. The van der Waals surface area contributed by atoms with E-state index in [2.05, 4.69) is 16.7 Å². The van der Waals surface area contributed by atoms with Crippen molar-refractivity contribution in [2.75, 3.05) is 12.3 Å². The lowest BCUT2D eigenvalue weighted by Gasteiger charge is -2.05. The van der Waals surface area contributed by atoms with Gasteiger partial charge in [0.25, 0.3) is 10.1 Å². The molecule has 0 aliphatic rings. The third-order valence-corrected chi connectivity index (χ3v) is 3.80. The molecule has 0 bridgehead atoms. The summed E-state index contributed by atoms with van der Waals surface area (Å²) in [5, 5.41) is 0. The van der Waals surface area contributed by atoms with Crippen LogP contribution in [0.3, 0.4) is 0 Å². The first-order valence-electron chi connectivity index (χ1n) is 6.76. The topological polar surface area (TPSA) is 55.4 Å². The molecule has 0 radical (unpaired) electrons. The molecule has 0 aromatic heterocycles. The lowest BCUT2D eigenvalue weighted by atomic mass is 10.1. The molecular weight excluding hydrogens is 238 g/mol. The Hall–Kier alpha value is -0.130. The van der Waals surface area contributed by atoms with Crippen LogP contribution >= 0.6 is 0 Å². The van der Waals surface area contributed by atoms with E-state index in [1.165, 1.54) is 32.1 Å². The Kier molecular flexibility index (Phi) is 10.9. The lowest BCUT2D eigenvalue weighted by molar-refractivity contribution is 0.201. The molecule has 0 saturated carbocycles. The van der Waals surface area contributed by atoms with Crippen LogP contribution in [0.1, 0.15) is 65.2 Å². The monoisotopic (exact) mass is 265 g/mol. The standard InChI is InChI=1S/C12H27NO3S/c1-3-5-6-7-8-9-10-11-13-16-17(14,15)12-4-2/h13H,3-12H2,1-2H3. The summed E-state index contributed by atoms with van der Waals surface area (Å²) in [4.78, 5) is 0. The zero-order valence-electron chi connectivity index (χ0n) is 11.2. The van der Waals surface area contributed by atoms with Crippen molar-refractivity contribution in [2.24, 2.45) is 0 Å². The molecule has 0 aromatic rings. The van der Waals surface area contributed by atoms with E-state index in [4.69, 9.17) is 0 Å². The molecule has 0 aliphatic heterocycles. The minimum absolute atomic E-state index is 0.0804. The molecule has 17 heavy (non-hydrogen) atoms. The SMILES string of the molecule is CCCCCCCCCNOS(=O)(=O)CCC. The quantitative estimate of drug-likeness (QED) is 0.435. The maximum atomic E-state index is 11.2. The maximum absolute atomic E-state index is 11.2. The highest BCUT2D eigenvalue weighted by atomic mass is 32.2. The Bertz CT molecular complexity index is 252. The molecule has 0 aromatic carbocycles. The average molecular weight is 265 g/mol. The highest BCUT2D eigenvalue weighted by Crippen LogP contribution is 2.06. The van der Waals surface area contributed by atoms with Crippen LogP contribution < -0.4 is 5.48 Å². The predicted octanol–water partition coefficient (Wildman–Crippen LogP) is 3.00. The maximum Gasteiger partial charge on any atom is 0.283 e. The Morgan fingerprint density at radius 2 is 1.47 bits per heavy atom. The van der Waals surface area contributed by atoms with E-state index in [-0.39, 0.29) is 5.75 Å². The van der Waals surface area contributed by atoms with E-state index in [1.807, 2.05) is 6.92 Å². The van der Waals surface area contributed by atoms with Gasteiger partial charge in [-0.05, 0) is 12.8 Å². The van der Waals surface area contributed by atoms with Gasteiger partial charge in [0.15, 0.2) is 0 Å². The number of hydroxylamine groups is 1. The second-order valence-electron chi connectivity index (χ2n) is 4.36. The van der Waals surface area contributed by atoms with Crippen molar-refractivity contribution >= 4 is 10.1 Å². The van der Waals surface area contributed by atoms with E-state index in [1.54, 1.807) is 0 Å². The van der Waals surface area contributed by atoms with Crippen molar-refractivity contribution in [1.29, 1.82) is 0 Å². The number of unbranched alkanes of at least 4 members (excludes halogenated alkanes) is 6. The van der Waals surface area contributed by atoms with Gasteiger partial charge in [-0.2, -0.15) is 18.2 Å². The minimum atomic E-state index is -3.35. The van der Waals surface area contributed by atoms with Crippen LogP contribution in [-0.4, -0.2) is 20.7 Å². The highest BCUT2D eigenvalue weighted by molar-refractivity contribution is 7.86. The summed E-state index contributed by atoms with van der Waals surface area (Å²) in [5.41, 5.74) is 2.52. The summed E-state index contributed by atoms with van der Waals surface area (Å²) in [6, 6.07) is 0. The van der Waals surface area contributed by atoms with Gasteiger partial charge < -0.3 is 0 Å². The normalized spacial score (nSPS) is 11.9. The fourth-order valence-electron chi connectivity index (χ4n) is 1.58. The van der Waals surface area contributed by atoms with Crippen molar-refractivity contribution in [1.82, 2.24) is 5.48 Å². The van der Waals surface area contributed by atoms with E-state index in [0.717, 1.165) is 12.8 Å². The number of rotatable bonds is 12. The third-order valence-electron chi connectivity index (χ3n) is 2.52. The van der Waals surface area contributed by atoms with Gasteiger partial charge in [-0.15, -0.1) is 0 Å². The molecule has 0 aliphatic carbocycles. The van der Waals surface area contributed by atoms with Crippen molar-refractivity contribution in [3.8, 4) is 0 Å². The summed E-state index contributed by atoms with van der Waals surface area (Å²) in [5.74, 6) is 0.0804. The van der Waals surface area contributed by atoms with E-state index in [9.17, 15) is 8.42 Å². The van der Waals surface area contributed by atoms with Crippen LogP contribution in [0.2, 0.25) is 0 Å². The van der Waals surface area contributed by atoms with Gasteiger partial charge in [-0.3, -0.25) is 0 Å². The first kappa shape index (κ1) is 16.9. The molecule has 104 valence electrons. The second-order valence-corrected chi connectivity index (χ2v) is 6.05. The summed E-state index contributed by atoms with van der Waals surface area (Å²) in [6.07, 6.45) is 9.09. The fraction of sp³-hybridized carbons (Fsp3) is 1.00. The predicted molar refractivity (Wildman–Crippen MR) is 71.2 cm³/mol. The molecule has 0 fully saturated rings. The molecule has 0 spiro atoms. The molecule has 0 amide bonds. The Morgan fingerprint density at radius 1 is 0.882 bits per heavy atom. The molecule has 0 rings (SSSR count). The Labute approximate surface area is 106 Å². The van der Waals surface area contributed by atoms with Crippen LogP contribution in [0.15, 0.2) is 0 Å². The van der Waals surface area contributed by atoms with Gasteiger partial charge in [0.2, 0.25) is 0 Å². The lowest BCUT2D eigenvalue weighted by Crippen LogP contribution is -2.23. The van der Waals surface area contributed by atoms with Gasteiger partial charge in [-0.25, -0.2) is 0 Å². The Morgan fingerprint density at radius 3 is 2.06 bits per heavy atom. The van der Waals surface area contributed by atoms with Crippen molar-refractivity contribution in [3.05, 3.63) is 0 Å². The van der Waals surface area contributed by atoms with Crippen LogP contribution in [0, 0.1) is 0 Å². The van der Waals surface area contributed by atoms with Crippen LogP contribution in [0.25, 0.3) is 0 Å². The highest BCUT2D eigenvalue weighted by Gasteiger charge is 2.08. The van der Waals surface area contributed by atoms with E-state index in [0.29, 0.717) is 13.0 Å². The summed E-state index contributed by atoms with van der Waals surface area (Å²) in [6.45, 7) is 4.63.